The number of hydrogen-bond acceptors (Lipinski definition) is 4. The first-order chi connectivity index (χ1) is 17.5. The van der Waals surface area contributed by atoms with Crippen LogP contribution in [0.4, 0.5) is 9.18 Å². The fourth-order valence-electron chi connectivity index (χ4n) is 4.08. The summed E-state index contributed by atoms with van der Waals surface area (Å²) in [6, 6.07) is 23.0. The third kappa shape index (κ3) is 5.08. The van der Waals surface area contributed by atoms with E-state index in [-0.39, 0.29) is 30.1 Å². The number of imide groups is 1. The molecule has 36 heavy (non-hydrogen) atoms. The molecule has 5 rings (SSSR count). The number of nitrogens with one attached hydrogen (secondary N) is 1. The number of amides is 3. The molecular formula is C28H22FN3O3S. The molecule has 3 amide bonds. The lowest BCUT2D eigenvalue weighted by atomic mass is 10.1. The Bertz CT molecular complexity index is 1480. The predicted molar refractivity (Wildman–Crippen MR) is 138 cm³/mol. The Labute approximate surface area is 211 Å². The molecule has 3 aromatic carbocycles. The van der Waals surface area contributed by atoms with Crippen LogP contribution in [0.1, 0.15) is 16.7 Å². The van der Waals surface area contributed by atoms with Crippen LogP contribution in [0.3, 0.4) is 0 Å². The molecule has 0 radical (unpaired) electrons. The molecule has 1 saturated heterocycles. The molecule has 0 aliphatic carbocycles. The number of carbonyl (C=O) groups is 3. The molecule has 0 spiro atoms. The van der Waals surface area contributed by atoms with Gasteiger partial charge in [0.1, 0.15) is 12.4 Å². The van der Waals surface area contributed by atoms with Crippen molar-refractivity contribution < 1.29 is 18.8 Å². The minimum absolute atomic E-state index is 0.0750. The Morgan fingerprint density at radius 3 is 2.42 bits per heavy atom. The van der Waals surface area contributed by atoms with E-state index in [1.54, 1.807) is 18.2 Å². The summed E-state index contributed by atoms with van der Waals surface area (Å²) in [5.74, 6) is -0.907. The van der Waals surface area contributed by atoms with E-state index in [1.807, 2.05) is 65.4 Å². The molecule has 0 atom stereocenters. The van der Waals surface area contributed by atoms with Gasteiger partial charge in [0.25, 0.3) is 11.1 Å². The van der Waals surface area contributed by atoms with E-state index in [0.29, 0.717) is 17.0 Å². The van der Waals surface area contributed by atoms with Crippen molar-refractivity contribution in [2.75, 3.05) is 0 Å². The molecule has 0 saturated carbocycles. The van der Waals surface area contributed by atoms with E-state index in [4.69, 9.17) is 0 Å². The first-order valence-corrected chi connectivity index (χ1v) is 12.2. The number of fused-ring (bicyclic) bond motifs is 1. The molecule has 0 bridgehead atoms. The van der Waals surface area contributed by atoms with E-state index in [1.165, 1.54) is 12.1 Å². The smallest absolute Gasteiger partial charge is 0.293 e. The van der Waals surface area contributed by atoms with Crippen LogP contribution in [0.15, 0.2) is 90.0 Å². The van der Waals surface area contributed by atoms with Crippen molar-refractivity contribution in [1.29, 1.82) is 0 Å². The minimum atomic E-state index is -0.397. The summed E-state index contributed by atoms with van der Waals surface area (Å²) >= 11 is 0.872. The highest BCUT2D eigenvalue weighted by atomic mass is 32.2. The normalized spacial score (nSPS) is 14.7. The highest BCUT2D eigenvalue weighted by Crippen LogP contribution is 2.35. The monoisotopic (exact) mass is 499 g/mol. The zero-order valence-electron chi connectivity index (χ0n) is 19.2. The number of carbonyl (C=O) groups excluding carboxylic acids is 3. The molecule has 1 N–H and O–H groups in total. The summed E-state index contributed by atoms with van der Waals surface area (Å²) in [7, 11) is 0. The van der Waals surface area contributed by atoms with Gasteiger partial charge >= 0.3 is 0 Å². The SMILES string of the molecule is O=C(Cn1cc(/C=C2\SC(=O)N(Cc3ccc(F)cc3)C2=O)c2ccccc21)NCc1ccccc1. The van der Waals surface area contributed by atoms with Gasteiger partial charge < -0.3 is 9.88 Å². The summed E-state index contributed by atoms with van der Waals surface area (Å²) < 4.78 is 15.0. The molecule has 2 heterocycles. The van der Waals surface area contributed by atoms with Crippen molar-refractivity contribution in [3.63, 3.8) is 0 Å². The van der Waals surface area contributed by atoms with Crippen LogP contribution in [0.25, 0.3) is 17.0 Å². The third-order valence-corrected chi connectivity index (χ3v) is 6.79. The average Bonchev–Trinajstić information content (AvgIpc) is 3.36. The summed E-state index contributed by atoms with van der Waals surface area (Å²) in [5, 5.41) is 3.43. The summed E-state index contributed by atoms with van der Waals surface area (Å²) in [6.07, 6.45) is 3.51. The quantitative estimate of drug-likeness (QED) is 0.349. The lowest BCUT2D eigenvalue weighted by Gasteiger charge is -2.12. The average molecular weight is 500 g/mol. The number of para-hydroxylation sites is 1. The lowest BCUT2D eigenvalue weighted by molar-refractivity contribution is -0.123. The second-order valence-corrected chi connectivity index (χ2v) is 9.38. The van der Waals surface area contributed by atoms with Crippen LogP contribution in [-0.4, -0.2) is 26.5 Å². The van der Waals surface area contributed by atoms with Gasteiger partial charge in [-0.3, -0.25) is 19.3 Å². The van der Waals surface area contributed by atoms with Gasteiger partial charge in [-0.25, -0.2) is 4.39 Å². The molecular weight excluding hydrogens is 477 g/mol. The van der Waals surface area contributed by atoms with Gasteiger partial charge in [-0.15, -0.1) is 0 Å². The Morgan fingerprint density at radius 2 is 1.64 bits per heavy atom. The fraction of sp³-hybridized carbons (Fsp3) is 0.107. The second-order valence-electron chi connectivity index (χ2n) is 8.39. The molecule has 4 aromatic rings. The van der Waals surface area contributed by atoms with Gasteiger partial charge in [0.15, 0.2) is 0 Å². The van der Waals surface area contributed by atoms with Crippen LogP contribution < -0.4 is 5.32 Å². The molecule has 180 valence electrons. The van der Waals surface area contributed by atoms with Crippen LogP contribution in [-0.2, 0) is 29.2 Å². The van der Waals surface area contributed by atoms with Crippen LogP contribution in [0, 0.1) is 5.82 Å². The number of thioether (sulfide) groups is 1. The topological polar surface area (TPSA) is 71.4 Å². The van der Waals surface area contributed by atoms with Crippen molar-refractivity contribution >= 4 is 45.8 Å². The van der Waals surface area contributed by atoms with Crippen molar-refractivity contribution in [2.24, 2.45) is 0 Å². The van der Waals surface area contributed by atoms with Gasteiger partial charge in [0, 0.05) is 29.2 Å². The van der Waals surface area contributed by atoms with E-state index in [0.717, 1.165) is 38.7 Å². The molecule has 1 fully saturated rings. The van der Waals surface area contributed by atoms with Crippen LogP contribution in [0.5, 0.6) is 0 Å². The first kappa shape index (κ1) is 23.6. The number of hydrogen-bond donors (Lipinski definition) is 1. The van der Waals surface area contributed by atoms with Gasteiger partial charge in [0.2, 0.25) is 5.91 Å². The van der Waals surface area contributed by atoms with E-state index in [2.05, 4.69) is 5.32 Å². The first-order valence-electron chi connectivity index (χ1n) is 11.4. The third-order valence-electron chi connectivity index (χ3n) is 5.88. The number of aromatic nitrogens is 1. The Morgan fingerprint density at radius 1 is 0.917 bits per heavy atom. The maximum absolute atomic E-state index is 13.2. The number of nitrogens with zero attached hydrogens (tertiary/aromatic N) is 2. The minimum Gasteiger partial charge on any atom is -0.350 e. The Balaban J connectivity index is 1.35. The highest BCUT2D eigenvalue weighted by molar-refractivity contribution is 8.18. The van der Waals surface area contributed by atoms with Crippen molar-refractivity contribution in [2.45, 2.75) is 19.6 Å². The van der Waals surface area contributed by atoms with Crippen LogP contribution in [0.2, 0.25) is 0 Å². The molecule has 8 heteroatoms. The molecule has 1 aliphatic rings. The van der Waals surface area contributed by atoms with E-state index in [9.17, 15) is 18.8 Å². The number of benzene rings is 3. The maximum Gasteiger partial charge on any atom is 0.293 e. The molecule has 1 aromatic heterocycles. The Kier molecular flexibility index (Phi) is 6.69. The summed E-state index contributed by atoms with van der Waals surface area (Å²) in [4.78, 5) is 39.7. The highest BCUT2D eigenvalue weighted by Gasteiger charge is 2.35. The summed E-state index contributed by atoms with van der Waals surface area (Å²) in [5.41, 5.74) is 3.27. The van der Waals surface area contributed by atoms with Crippen molar-refractivity contribution in [3.05, 3.63) is 112 Å². The number of halogens is 1. The zero-order chi connectivity index (χ0) is 25.1. The number of rotatable bonds is 7. The molecule has 1 aliphatic heterocycles. The maximum atomic E-state index is 13.2. The van der Waals surface area contributed by atoms with Crippen molar-refractivity contribution in [3.8, 4) is 0 Å². The predicted octanol–water partition coefficient (Wildman–Crippen LogP) is 5.33. The zero-order valence-corrected chi connectivity index (χ0v) is 20.0. The molecule has 6 nitrogen and oxygen atoms in total. The summed E-state index contributed by atoms with van der Waals surface area (Å²) in [6.45, 7) is 0.631. The lowest BCUT2D eigenvalue weighted by Crippen LogP contribution is -2.27. The standard InChI is InChI=1S/C28H22FN3O3S/c29-22-12-10-20(11-13-22)16-32-27(34)25(36-28(32)35)14-21-17-31(24-9-5-4-8-23(21)24)18-26(33)30-15-19-6-2-1-3-7-19/h1-14,17H,15-16,18H2,(H,30,33)/b25-14-. The largest absolute Gasteiger partial charge is 0.350 e. The second kappa shape index (κ2) is 10.2. The van der Waals surface area contributed by atoms with Gasteiger partial charge in [-0.2, -0.15) is 0 Å². The fourth-order valence-corrected chi connectivity index (χ4v) is 4.91. The van der Waals surface area contributed by atoms with E-state index >= 15 is 0 Å². The van der Waals surface area contributed by atoms with Crippen molar-refractivity contribution in [1.82, 2.24) is 14.8 Å². The Hall–Kier alpha value is -4.17. The van der Waals surface area contributed by atoms with Gasteiger partial charge in [0.05, 0.1) is 11.4 Å². The van der Waals surface area contributed by atoms with E-state index < -0.39 is 5.91 Å². The molecule has 0 unspecified atom stereocenters. The van der Waals surface area contributed by atoms with Gasteiger partial charge in [-0.05, 0) is 47.2 Å². The van der Waals surface area contributed by atoms with Gasteiger partial charge in [-0.1, -0.05) is 60.7 Å². The van der Waals surface area contributed by atoms with Crippen LogP contribution >= 0.6 is 11.8 Å².